The number of thiazole rings is 1. The number of hydrogen-bond acceptors (Lipinski definition) is 9. The van der Waals surface area contributed by atoms with Crippen LogP contribution in [0.1, 0.15) is 12.8 Å². The van der Waals surface area contributed by atoms with Crippen molar-refractivity contribution < 1.29 is 27.4 Å². The lowest BCUT2D eigenvalue weighted by Crippen LogP contribution is -2.43. The third kappa shape index (κ3) is 5.65. The van der Waals surface area contributed by atoms with Gasteiger partial charge in [-0.05, 0) is 43.2 Å². The van der Waals surface area contributed by atoms with E-state index in [9.17, 15) is 13.2 Å². The number of amides is 1. The molecular weight excluding hydrogens is 516 g/mol. The number of carbonyl (C=O) groups is 1. The van der Waals surface area contributed by atoms with Crippen LogP contribution in [0.5, 0.6) is 17.2 Å². The van der Waals surface area contributed by atoms with Gasteiger partial charge in [-0.3, -0.25) is 4.79 Å². The van der Waals surface area contributed by atoms with Crippen LogP contribution in [0.3, 0.4) is 0 Å². The lowest BCUT2D eigenvalue weighted by molar-refractivity contribution is -0.120. The molecule has 1 saturated heterocycles. The average Bonchev–Trinajstić information content (AvgIpc) is 3.42. The molecule has 4 rings (SSSR count). The first-order valence-electron chi connectivity index (χ1n) is 11.7. The van der Waals surface area contributed by atoms with E-state index in [0.717, 1.165) is 16.4 Å². The fourth-order valence-electron chi connectivity index (χ4n) is 4.22. The van der Waals surface area contributed by atoms with Crippen molar-refractivity contribution in [3.05, 3.63) is 41.8 Å². The molecule has 0 bridgehead atoms. The summed E-state index contributed by atoms with van der Waals surface area (Å²) in [6, 6.07) is 9.94. The molecule has 1 aromatic heterocycles. The normalized spacial score (nSPS) is 16.2. The Morgan fingerprint density at radius 1 is 1.05 bits per heavy atom. The number of aromatic nitrogens is 1. The Morgan fingerprint density at radius 3 is 2.46 bits per heavy atom. The second-order valence-corrected chi connectivity index (χ2v) is 11.2. The number of carbonyl (C=O) groups excluding carboxylic acids is 1. The highest BCUT2D eigenvalue weighted by Crippen LogP contribution is 2.34. The third-order valence-corrected chi connectivity index (χ3v) is 8.94. The number of ether oxygens (including phenoxy) is 3. The van der Waals surface area contributed by atoms with Gasteiger partial charge in [-0.15, -0.1) is 11.3 Å². The van der Waals surface area contributed by atoms with Crippen molar-refractivity contribution in [1.82, 2.24) is 9.29 Å². The smallest absolute Gasteiger partial charge is 0.243 e. The Labute approximate surface area is 220 Å². The Hall–Kier alpha value is -3.35. The first-order valence-corrected chi connectivity index (χ1v) is 14.0. The number of piperidine rings is 1. The quantitative estimate of drug-likeness (QED) is 0.415. The molecular formula is C25H30N4O6S2. The monoisotopic (exact) mass is 546 g/mol. The van der Waals surface area contributed by atoms with E-state index in [2.05, 4.69) is 15.6 Å². The Balaban J connectivity index is 1.52. The summed E-state index contributed by atoms with van der Waals surface area (Å²) in [7, 11) is 2.44. The van der Waals surface area contributed by atoms with Gasteiger partial charge in [-0.2, -0.15) is 4.31 Å². The van der Waals surface area contributed by atoms with Gasteiger partial charge >= 0.3 is 0 Å². The van der Waals surface area contributed by atoms with Gasteiger partial charge in [0.15, 0.2) is 16.6 Å². The molecule has 2 aromatic carbocycles. The predicted octanol–water partition coefficient (Wildman–Crippen LogP) is 3.92. The van der Waals surface area contributed by atoms with Gasteiger partial charge in [-0.25, -0.2) is 13.4 Å². The molecule has 1 fully saturated rings. The highest BCUT2D eigenvalue weighted by molar-refractivity contribution is 7.89. The van der Waals surface area contributed by atoms with Crippen LogP contribution in [0, 0.1) is 5.92 Å². The maximum atomic E-state index is 13.4. The average molecular weight is 547 g/mol. The van der Waals surface area contributed by atoms with Crippen molar-refractivity contribution in [1.29, 1.82) is 0 Å². The van der Waals surface area contributed by atoms with Crippen LogP contribution in [0.4, 0.5) is 10.8 Å². The number of nitrogens with zero attached hydrogens (tertiary/aromatic N) is 2. The lowest BCUT2D eigenvalue weighted by Gasteiger charge is -2.31. The molecule has 2 N–H and O–H groups in total. The van der Waals surface area contributed by atoms with Gasteiger partial charge in [0, 0.05) is 37.1 Å². The number of sulfonamides is 1. The van der Waals surface area contributed by atoms with Crippen LogP contribution in [0.15, 0.2) is 46.7 Å². The molecule has 0 spiro atoms. The SMILES string of the molecule is CNc1nc(-c2ccc(OC)c(NC(=O)[C@@H]3CCCN(S(=O)(=O)c4ccc(OC)c(OC)c4)C3)c2)cs1. The second kappa shape index (κ2) is 11.4. The Kier molecular flexibility index (Phi) is 8.20. The van der Waals surface area contributed by atoms with Crippen molar-refractivity contribution in [3.63, 3.8) is 0 Å². The molecule has 0 aliphatic carbocycles. The number of rotatable bonds is 9. The minimum Gasteiger partial charge on any atom is -0.495 e. The molecule has 0 saturated carbocycles. The number of nitrogens with one attached hydrogen (secondary N) is 2. The van der Waals surface area contributed by atoms with E-state index in [-0.39, 0.29) is 17.3 Å². The van der Waals surface area contributed by atoms with Crippen LogP contribution >= 0.6 is 11.3 Å². The maximum absolute atomic E-state index is 13.4. The van der Waals surface area contributed by atoms with Gasteiger partial charge in [-0.1, -0.05) is 0 Å². The maximum Gasteiger partial charge on any atom is 0.243 e. The van der Waals surface area contributed by atoms with Gasteiger partial charge in [0.25, 0.3) is 0 Å². The van der Waals surface area contributed by atoms with Gasteiger partial charge < -0.3 is 24.8 Å². The van der Waals surface area contributed by atoms with E-state index in [1.54, 1.807) is 19.2 Å². The molecule has 10 nitrogen and oxygen atoms in total. The summed E-state index contributed by atoms with van der Waals surface area (Å²) in [4.78, 5) is 17.9. The largest absolute Gasteiger partial charge is 0.495 e. The molecule has 0 unspecified atom stereocenters. The predicted molar refractivity (Wildman–Crippen MR) is 143 cm³/mol. The minimum atomic E-state index is -3.83. The van der Waals surface area contributed by atoms with Crippen molar-refractivity contribution in [2.75, 3.05) is 52.1 Å². The number of methoxy groups -OCH3 is 3. The number of benzene rings is 2. The summed E-state index contributed by atoms with van der Waals surface area (Å²) in [6.45, 7) is 0.402. The molecule has 3 aromatic rings. The summed E-state index contributed by atoms with van der Waals surface area (Å²) < 4.78 is 44.0. The van der Waals surface area contributed by atoms with Crippen molar-refractivity contribution in [3.8, 4) is 28.5 Å². The van der Waals surface area contributed by atoms with Crippen molar-refractivity contribution >= 4 is 38.1 Å². The van der Waals surface area contributed by atoms with Crippen LogP contribution in [-0.4, -0.2) is 65.1 Å². The molecule has 1 amide bonds. The van der Waals surface area contributed by atoms with Crippen molar-refractivity contribution in [2.45, 2.75) is 17.7 Å². The van der Waals surface area contributed by atoms with E-state index in [1.165, 1.54) is 49.1 Å². The van der Waals surface area contributed by atoms with Gasteiger partial charge in [0.2, 0.25) is 15.9 Å². The summed E-state index contributed by atoms with van der Waals surface area (Å²) >= 11 is 1.48. The Morgan fingerprint density at radius 2 is 1.78 bits per heavy atom. The summed E-state index contributed by atoms with van der Waals surface area (Å²) in [5.41, 5.74) is 2.11. The highest BCUT2D eigenvalue weighted by atomic mass is 32.2. The number of anilines is 2. The zero-order valence-corrected chi connectivity index (χ0v) is 22.7. The van der Waals surface area contributed by atoms with Crippen LogP contribution in [-0.2, 0) is 14.8 Å². The molecule has 12 heteroatoms. The van der Waals surface area contributed by atoms with E-state index in [4.69, 9.17) is 14.2 Å². The molecule has 1 aliphatic heterocycles. The van der Waals surface area contributed by atoms with Crippen LogP contribution < -0.4 is 24.8 Å². The molecule has 1 atom stereocenters. The summed E-state index contributed by atoms with van der Waals surface area (Å²) in [5.74, 6) is 0.480. The lowest BCUT2D eigenvalue weighted by atomic mass is 9.98. The molecule has 198 valence electrons. The van der Waals surface area contributed by atoms with E-state index in [0.29, 0.717) is 42.3 Å². The van der Waals surface area contributed by atoms with Gasteiger partial charge in [0.05, 0.1) is 43.5 Å². The first-order chi connectivity index (χ1) is 17.8. The third-order valence-electron chi connectivity index (χ3n) is 6.22. The zero-order chi connectivity index (χ0) is 26.6. The van der Waals surface area contributed by atoms with Gasteiger partial charge in [0.1, 0.15) is 5.75 Å². The number of hydrogen-bond donors (Lipinski definition) is 2. The fourth-order valence-corrected chi connectivity index (χ4v) is 6.44. The molecule has 2 heterocycles. The van der Waals surface area contributed by atoms with Crippen LogP contribution in [0.2, 0.25) is 0 Å². The van der Waals surface area contributed by atoms with E-state index >= 15 is 0 Å². The topological polar surface area (TPSA) is 119 Å². The van der Waals surface area contributed by atoms with E-state index in [1.807, 2.05) is 17.5 Å². The van der Waals surface area contributed by atoms with Crippen LogP contribution in [0.25, 0.3) is 11.3 Å². The molecule has 37 heavy (non-hydrogen) atoms. The minimum absolute atomic E-state index is 0.0716. The fraction of sp³-hybridized carbons (Fsp3) is 0.360. The second-order valence-electron chi connectivity index (χ2n) is 8.41. The zero-order valence-electron chi connectivity index (χ0n) is 21.1. The molecule has 1 aliphatic rings. The first kappa shape index (κ1) is 26.7. The highest BCUT2D eigenvalue weighted by Gasteiger charge is 2.34. The summed E-state index contributed by atoms with van der Waals surface area (Å²) in [5, 5.41) is 8.68. The Bertz CT molecular complexity index is 1380. The van der Waals surface area contributed by atoms with E-state index < -0.39 is 15.9 Å². The standard InChI is InChI=1S/C25H30N4O6S2/c1-26-25-28-20(15-36-25)16-7-9-21(33-2)19(12-16)27-24(30)17-6-5-11-29(14-17)37(31,32)18-8-10-22(34-3)23(13-18)35-4/h7-10,12-13,15,17H,5-6,11,14H2,1-4H3,(H,26,28)(H,27,30)/t17-/m1/s1. The summed E-state index contributed by atoms with van der Waals surface area (Å²) in [6.07, 6.45) is 1.14. The van der Waals surface area contributed by atoms with Crippen molar-refractivity contribution in [2.24, 2.45) is 5.92 Å². The molecule has 0 radical (unpaired) electrons.